The zero-order chi connectivity index (χ0) is 22.3. The van der Waals surface area contributed by atoms with Gasteiger partial charge in [-0.15, -0.1) is 0 Å². The molecule has 0 aliphatic heterocycles. The predicted molar refractivity (Wildman–Crippen MR) is 113 cm³/mol. The molecule has 5 nitrogen and oxygen atoms in total. The second-order valence-electron chi connectivity index (χ2n) is 7.98. The van der Waals surface area contributed by atoms with Gasteiger partial charge in [-0.2, -0.15) is 13.9 Å². The summed E-state index contributed by atoms with van der Waals surface area (Å²) in [4.78, 5) is 23.5. The molecule has 0 saturated heterocycles. The molecule has 0 radical (unpaired) electrons. The predicted octanol–water partition coefficient (Wildman–Crippen LogP) is 5.40. The number of benzene rings is 2. The fourth-order valence-electron chi connectivity index (χ4n) is 3.12. The second kappa shape index (κ2) is 7.91. The molecule has 0 bridgehead atoms. The number of hydrogen-bond donors (Lipinski definition) is 0. The second-order valence-corrected chi connectivity index (χ2v) is 8.83. The molecule has 158 valence electrons. The van der Waals surface area contributed by atoms with E-state index in [1.165, 1.54) is 39.0 Å². The van der Waals surface area contributed by atoms with E-state index in [0.29, 0.717) is 32.2 Å². The van der Waals surface area contributed by atoms with Gasteiger partial charge in [-0.3, -0.25) is 9.48 Å². The van der Waals surface area contributed by atoms with Gasteiger partial charge in [-0.25, -0.2) is 4.79 Å². The summed E-state index contributed by atoms with van der Waals surface area (Å²) in [6.45, 7) is 6.56. The molecule has 1 aromatic heterocycles. The zero-order valence-corrected chi connectivity index (χ0v) is 18.6. The number of carbonyl (C=O) groups excluding carboxylic acids is 2. The molecule has 8 heteroatoms. The molecule has 2 aromatic carbocycles. The van der Waals surface area contributed by atoms with Crippen molar-refractivity contribution in [1.29, 1.82) is 0 Å². The van der Waals surface area contributed by atoms with Gasteiger partial charge in [-0.05, 0) is 45.4 Å². The standard InChI is InChI=1S/C22H21BrF2N2O3/c1-13-16-9-8-15(22(24,25)20(29)30-21(2,3)4)10-19(16)27(26-13)11-17-14(12-28)6-5-7-18(17)23/h5-10,12H,11H2,1-4H3. The average molecular weight is 479 g/mol. The molecule has 0 aliphatic carbocycles. The summed E-state index contributed by atoms with van der Waals surface area (Å²) in [7, 11) is 0. The van der Waals surface area contributed by atoms with Crippen molar-refractivity contribution in [3.05, 3.63) is 63.3 Å². The third kappa shape index (κ3) is 4.28. The Morgan fingerprint density at radius 2 is 1.93 bits per heavy atom. The fraction of sp³-hybridized carbons (Fsp3) is 0.318. The van der Waals surface area contributed by atoms with E-state index in [1.54, 1.807) is 29.8 Å². The number of aromatic nitrogens is 2. The van der Waals surface area contributed by atoms with Crippen molar-refractivity contribution in [2.24, 2.45) is 0 Å². The quantitative estimate of drug-likeness (QED) is 0.363. The fourth-order valence-corrected chi connectivity index (χ4v) is 3.63. The number of ether oxygens (including phenoxy) is 1. The van der Waals surface area contributed by atoms with Crippen LogP contribution in [0.2, 0.25) is 0 Å². The highest BCUT2D eigenvalue weighted by Crippen LogP contribution is 2.34. The Morgan fingerprint density at radius 1 is 1.23 bits per heavy atom. The summed E-state index contributed by atoms with van der Waals surface area (Å²) < 4.78 is 36.7. The highest BCUT2D eigenvalue weighted by Gasteiger charge is 2.44. The molecular formula is C22H21BrF2N2O3. The minimum atomic E-state index is -3.81. The van der Waals surface area contributed by atoms with E-state index in [9.17, 15) is 18.4 Å². The van der Waals surface area contributed by atoms with Crippen molar-refractivity contribution in [2.45, 2.75) is 45.8 Å². The maximum absolute atomic E-state index is 14.8. The molecule has 0 atom stereocenters. The Bertz CT molecular complexity index is 1130. The summed E-state index contributed by atoms with van der Waals surface area (Å²) in [6.07, 6.45) is 0.737. The number of rotatable bonds is 5. The number of halogens is 3. The lowest BCUT2D eigenvalue weighted by molar-refractivity contribution is -0.185. The molecule has 30 heavy (non-hydrogen) atoms. The first-order chi connectivity index (χ1) is 13.9. The van der Waals surface area contributed by atoms with Gasteiger partial charge in [0.05, 0.1) is 17.8 Å². The molecule has 1 heterocycles. The third-order valence-corrected chi connectivity index (χ3v) is 5.29. The molecule has 0 fully saturated rings. The van der Waals surface area contributed by atoms with Gasteiger partial charge in [0.15, 0.2) is 0 Å². The van der Waals surface area contributed by atoms with Gasteiger partial charge >= 0.3 is 11.9 Å². The Hall–Kier alpha value is -2.61. The lowest BCUT2D eigenvalue weighted by atomic mass is 10.0. The van der Waals surface area contributed by atoms with Crippen LogP contribution >= 0.6 is 15.9 Å². The molecule has 3 rings (SSSR count). The number of alkyl halides is 2. The Morgan fingerprint density at radius 3 is 2.57 bits per heavy atom. The number of aryl methyl sites for hydroxylation is 1. The first kappa shape index (κ1) is 22.1. The van der Waals surface area contributed by atoms with E-state index < -0.39 is 23.1 Å². The molecule has 3 aromatic rings. The number of aldehydes is 1. The number of hydrogen-bond acceptors (Lipinski definition) is 4. The normalized spacial score (nSPS) is 12.2. The van der Waals surface area contributed by atoms with Gasteiger partial charge in [0.2, 0.25) is 0 Å². The maximum Gasteiger partial charge on any atom is 0.382 e. The van der Waals surface area contributed by atoms with Crippen molar-refractivity contribution in [1.82, 2.24) is 9.78 Å². The molecule has 0 saturated carbocycles. The lowest BCUT2D eigenvalue weighted by Gasteiger charge is -2.23. The third-order valence-electron chi connectivity index (χ3n) is 4.54. The smallest absolute Gasteiger partial charge is 0.382 e. The first-order valence-electron chi connectivity index (χ1n) is 9.25. The summed E-state index contributed by atoms with van der Waals surface area (Å²) in [5.74, 6) is -5.42. The van der Waals surface area contributed by atoms with Crippen LogP contribution in [0, 0.1) is 6.92 Å². The molecule has 0 amide bonds. The van der Waals surface area contributed by atoms with E-state index in [1.807, 2.05) is 0 Å². The van der Waals surface area contributed by atoms with Crippen LogP contribution in [0.5, 0.6) is 0 Å². The molecule has 0 N–H and O–H groups in total. The summed E-state index contributed by atoms with van der Waals surface area (Å²) in [5, 5.41) is 5.13. The number of esters is 1. The van der Waals surface area contributed by atoms with E-state index >= 15 is 0 Å². The van der Waals surface area contributed by atoms with Crippen LogP contribution in [0.4, 0.5) is 8.78 Å². The lowest BCUT2D eigenvalue weighted by Crippen LogP contribution is -2.34. The van der Waals surface area contributed by atoms with E-state index in [2.05, 4.69) is 21.0 Å². The van der Waals surface area contributed by atoms with Crippen molar-refractivity contribution in [3.63, 3.8) is 0 Å². The minimum Gasteiger partial charge on any atom is -0.455 e. The monoisotopic (exact) mass is 478 g/mol. The SMILES string of the molecule is Cc1nn(Cc2c(Br)cccc2C=O)c2cc(C(F)(F)C(=O)OC(C)(C)C)ccc12. The number of nitrogens with zero attached hydrogens (tertiary/aromatic N) is 2. The van der Waals surface area contributed by atoms with Crippen molar-refractivity contribution in [3.8, 4) is 0 Å². The van der Waals surface area contributed by atoms with Crippen molar-refractivity contribution >= 4 is 39.1 Å². The van der Waals surface area contributed by atoms with E-state index in [0.717, 1.165) is 6.29 Å². The summed E-state index contributed by atoms with van der Waals surface area (Å²) in [6, 6.07) is 9.18. The van der Waals surface area contributed by atoms with Gasteiger partial charge in [0.25, 0.3) is 0 Å². The van der Waals surface area contributed by atoms with Crippen molar-refractivity contribution < 1.29 is 23.1 Å². The van der Waals surface area contributed by atoms with Gasteiger partial charge in [0.1, 0.15) is 11.9 Å². The van der Waals surface area contributed by atoms with Gasteiger partial charge in [-0.1, -0.05) is 40.2 Å². The van der Waals surface area contributed by atoms with Crippen molar-refractivity contribution in [2.75, 3.05) is 0 Å². The minimum absolute atomic E-state index is 0.196. The maximum atomic E-state index is 14.8. The van der Waals surface area contributed by atoms with Crippen LogP contribution in [-0.4, -0.2) is 27.6 Å². The molecule has 0 aliphatic rings. The summed E-state index contributed by atoms with van der Waals surface area (Å²) >= 11 is 3.43. The van der Waals surface area contributed by atoms with Gasteiger partial charge < -0.3 is 4.74 Å². The van der Waals surface area contributed by atoms with E-state index in [-0.39, 0.29) is 6.54 Å². The number of fused-ring (bicyclic) bond motifs is 1. The molecule has 0 spiro atoms. The van der Waals surface area contributed by atoms with Crippen LogP contribution in [0.15, 0.2) is 40.9 Å². The first-order valence-corrected chi connectivity index (χ1v) is 10.0. The van der Waals surface area contributed by atoms with E-state index in [4.69, 9.17) is 4.74 Å². The van der Waals surface area contributed by atoms with Crippen LogP contribution in [-0.2, 0) is 22.0 Å². The average Bonchev–Trinajstić information content (AvgIpc) is 2.97. The van der Waals surface area contributed by atoms with Crippen LogP contribution < -0.4 is 0 Å². The van der Waals surface area contributed by atoms with Crippen LogP contribution in [0.1, 0.15) is 48.0 Å². The Labute approximate surface area is 181 Å². The van der Waals surface area contributed by atoms with Crippen LogP contribution in [0.25, 0.3) is 10.9 Å². The Kier molecular flexibility index (Phi) is 5.82. The largest absolute Gasteiger partial charge is 0.455 e. The van der Waals surface area contributed by atoms with Gasteiger partial charge in [0, 0.05) is 21.0 Å². The topological polar surface area (TPSA) is 61.2 Å². The summed E-state index contributed by atoms with van der Waals surface area (Å²) in [5.41, 5.74) is 0.723. The number of carbonyl (C=O) groups is 2. The highest BCUT2D eigenvalue weighted by atomic mass is 79.9. The van der Waals surface area contributed by atoms with Crippen LogP contribution in [0.3, 0.4) is 0 Å². The molecular weight excluding hydrogens is 458 g/mol. The highest BCUT2D eigenvalue weighted by molar-refractivity contribution is 9.10. The molecule has 0 unspecified atom stereocenters. The Balaban J connectivity index is 2.07. The zero-order valence-electron chi connectivity index (χ0n) is 17.0.